The minimum Gasteiger partial charge on any atom is -0.393 e. The van der Waals surface area contributed by atoms with Gasteiger partial charge in [0.1, 0.15) is 5.78 Å². The minimum atomic E-state index is -0.219. The van der Waals surface area contributed by atoms with Crippen LogP contribution in [0.1, 0.15) is 90.5 Å². The van der Waals surface area contributed by atoms with Gasteiger partial charge in [-0.05, 0) is 110 Å². The van der Waals surface area contributed by atoms with Crippen molar-refractivity contribution in [2.75, 3.05) is 6.54 Å². The normalized spacial score (nSPS) is 38.6. The Morgan fingerprint density at radius 1 is 1.10 bits per heavy atom. The molecule has 4 aliphatic carbocycles. The van der Waals surface area contributed by atoms with Crippen LogP contribution in [0.15, 0.2) is 30.5 Å². The third kappa shape index (κ3) is 4.67. The molecule has 5 heteroatoms. The first-order chi connectivity index (χ1) is 18.7. The van der Waals surface area contributed by atoms with Crippen LogP contribution in [-0.2, 0) is 16.0 Å². The first-order valence-electron chi connectivity index (χ1n) is 15.7. The summed E-state index contributed by atoms with van der Waals surface area (Å²) in [6.07, 6.45) is 12.4. The second-order valence-electron chi connectivity index (χ2n) is 14.2. The van der Waals surface area contributed by atoms with Crippen molar-refractivity contribution in [3.63, 3.8) is 0 Å². The molecule has 9 atom stereocenters. The molecule has 1 amide bonds. The van der Waals surface area contributed by atoms with E-state index < -0.39 is 0 Å². The lowest BCUT2D eigenvalue weighted by Crippen LogP contribution is -2.57. The molecule has 1 heterocycles. The third-order valence-corrected chi connectivity index (χ3v) is 12.4. The Bertz CT molecular complexity index is 1220. The van der Waals surface area contributed by atoms with Crippen LogP contribution in [0.5, 0.6) is 0 Å². The van der Waals surface area contributed by atoms with Gasteiger partial charge in [-0.2, -0.15) is 0 Å². The Morgan fingerprint density at radius 2 is 1.87 bits per heavy atom. The van der Waals surface area contributed by atoms with Crippen molar-refractivity contribution in [3.05, 3.63) is 36.0 Å². The number of aromatic nitrogens is 1. The van der Waals surface area contributed by atoms with Crippen molar-refractivity contribution >= 4 is 22.6 Å². The first-order valence-corrected chi connectivity index (χ1v) is 15.7. The highest BCUT2D eigenvalue weighted by atomic mass is 16.3. The van der Waals surface area contributed by atoms with Crippen LogP contribution in [0.25, 0.3) is 10.9 Å². The van der Waals surface area contributed by atoms with Crippen LogP contribution in [0, 0.1) is 46.3 Å². The quantitative estimate of drug-likeness (QED) is 0.384. The Morgan fingerprint density at radius 3 is 2.72 bits per heavy atom. The smallest absolute Gasteiger partial charge is 0.220 e. The van der Waals surface area contributed by atoms with E-state index in [9.17, 15) is 14.7 Å². The number of ketones is 1. The van der Waals surface area contributed by atoms with Gasteiger partial charge in [0.2, 0.25) is 5.91 Å². The number of hydrogen-bond acceptors (Lipinski definition) is 3. The van der Waals surface area contributed by atoms with Crippen LogP contribution in [0.3, 0.4) is 0 Å². The average molecular weight is 533 g/mol. The molecule has 4 aliphatic rings. The highest BCUT2D eigenvalue weighted by molar-refractivity contribution is 5.84. The Kier molecular flexibility index (Phi) is 7.18. The van der Waals surface area contributed by atoms with Crippen LogP contribution in [0.4, 0.5) is 0 Å². The molecule has 5 nitrogen and oxygen atoms in total. The molecule has 1 aromatic heterocycles. The summed E-state index contributed by atoms with van der Waals surface area (Å²) in [5.74, 6) is 3.30. The number of aliphatic hydroxyl groups excluding tert-OH is 1. The molecule has 4 saturated carbocycles. The van der Waals surface area contributed by atoms with Gasteiger partial charge in [-0.15, -0.1) is 0 Å². The molecular formula is C34H48N2O3. The highest BCUT2D eigenvalue weighted by Crippen LogP contribution is 2.67. The number of H-pyrrole nitrogens is 1. The molecule has 39 heavy (non-hydrogen) atoms. The van der Waals surface area contributed by atoms with E-state index in [1.165, 1.54) is 30.2 Å². The van der Waals surface area contributed by atoms with Gasteiger partial charge < -0.3 is 15.4 Å². The summed E-state index contributed by atoms with van der Waals surface area (Å²) < 4.78 is 0. The summed E-state index contributed by atoms with van der Waals surface area (Å²) in [6.45, 7) is 7.95. The number of Topliss-reactive ketones (excluding diaryl/α,β-unsaturated/α-hetero) is 1. The van der Waals surface area contributed by atoms with Gasteiger partial charge in [0.25, 0.3) is 0 Å². The number of hydrogen-bond donors (Lipinski definition) is 3. The van der Waals surface area contributed by atoms with Gasteiger partial charge >= 0.3 is 0 Å². The molecule has 2 aromatic rings. The molecule has 0 aliphatic heterocycles. The van der Waals surface area contributed by atoms with E-state index in [0.717, 1.165) is 44.0 Å². The van der Waals surface area contributed by atoms with Crippen molar-refractivity contribution in [1.29, 1.82) is 0 Å². The molecule has 0 radical (unpaired) electrons. The number of carbonyl (C=O) groups excluding carboxylic acids is 2. The van der Waals surface area contributed by atoms with Gasteiger partial charge in [0.05, 0.1) is 6.10 Å². The maximum Gasteiger partial charge on any atom is 0.220 e. The third-order valence-electron chi connectivity index (χ3n) is 12.4. The predicted molar refractivity (Wildman–Crippen MR) is 155 cm³/mol. The van der Waals surface area contributed by atoms with Crippen LogP contribution in [-0.4, -0.2) is 34.4 Å². The predicted octanol–water partition coefficient (Wildman–Crippen LogP) is 6.44. The van der Waals surface area contributed by atoms with Crippen LogP contribution >= 0.6 is 0 Å². The number of amides is 1. The summed E-state index contributed by atoms with van der Waals surface area (Å²) in [5.41, 5.74) is 2.82. The summed E-state index contributed by atoms with van der Waals surface area (Å²) in [4.78, 5) is 29.7. The van der Waals surface area contributed by atoms with Crippen molar-refractivity contribution in [2.45, 2.75) is 97.5 Å². The monoisotopic (exact) mass is 532 g/mol. The average Bonchev–Trinajstić information content (AvgIpc) is 3.49. The summed E-state index contributed by atoms with van der Waals surface area (Å²) >= 11 is 0. The zero-order chi connectivity index (χ0) is 27.4. The van der Waals surface area contributed by atoms with E-state index in [1.54, 1.807) is 0 Å². The van der Waals surface area contributed by atoms with Gasteiger partial charge in [-0.25, -0.2) is 0 Å². The number of nitrogens with one attached hydrogen (secondary N) is 2. The fourth-order valence-electron chi connectivity index (χ4n) is 10.2. The number of rotatable bonds is 7. The van der Waals surface area contributed by atoms with Crippen LogP contribution in [0.2, 0.25) is 0 Å². The summed E-state index contributed by atoms with van der Waals surface area (Å²) in [6, 6.07) is 8.31. The molecule has 0 spiro atoms. The topological polar surface area (TPSA) is 82.2 Å². The lowest BCUT2D eigenvalue weighted by Gasteiger charge is -2.60. The largest absolute Gasteiger partial charge is 0.393 e. The zero-order valence-electron chi connectivity index (χ0n) is 24.2. The number of para-hydroxylation sites is 1. The molecule has 3 N–H and O–H groups in total. The molecule has 6 rings (SSSR count). The maximum absolute atomic E-state index is 13.6. The molecular weight excluding hydrogens is 484 g/mol. The number of carbonyl (C=O) groups is 2. The molecule has 0 bridgehead atoms. The van der Waals surface area contributed by atoms with Crippen molar-refractivity contribution < 1.29 is 14.7 Å². The Labute approximate surface area is 233 Å². The Hall–Kier alpha value is -2.14. The van der Waals surface area contributed by atoms with Gasteiger partial charge in [0, 0.05) is 42.4 Å². The first kappa shape index (κ1) is 27.1. The van der Waals surface area contributed by atoms with Crippen molar-refractivity contribution in [1.82, 2.24) is 10.3 Å². The summed E-state index contributed by atoms with van der Waals surface area (Å²) in [7, 11) is 0. The molecule has 4 fully saturated rings. The van der Waals surface area contributed by atoms with E-state index in [-0.39, 0.29) is 28.8 Å². The number of benzene rings is 1. The highest BCUT2D eigenvalue weighted by Gasteiger charge is 2.63. The maximum atomic E-state index is 13.6. The van der Waals surface area contributed by atoms with E-state index in [1.807, 2.05) is 6.07 Å². The van der Waals surface area contributed by atoms with E-state index >= 15 is 0 Å². The van der Waals surface area contributed by atoms with Crippen molar-refractivity contribution in [3.8, 4) is 0 Å². The van der Waals surface area contributed by atoms with Gasteiger partial charge in [-0.3, -0.25) is 9.59 Å². The summed E-state index contributed by atoms with van der Waals surface area (Å²) in [5, 5.41) is 14.7. The minimum absolute atomic E-state index is 0.158. The zero-order valence-corrected chi connectivity index (χ0v) is 24.2. The van der Waals surface area contributed by atoms with Gasteiger partial charge in [-0.1, -0.05) is 39.0 Å². The lowest BCUT2D eigenvalue weighted by atomic mass is 9.44. The number of fused-ring (bicyclic) bond motifs is 6. The van der Waals surface area contributed by atoms with E-state index in [2.05, 4.69) is 55.5 Å². The molecule has 1 aromatic carbocycles. The van der Waals surface area contributed by atoms with Crippen LogP contribution < -0.4 is 5.32 Å². The Balaban J connectivity index is 1.04. The van der Waals surface area contributed by atoms with E-state index in [4.69, 9.17) is 0 Å². The molecule has 212 valence electrons. The second-order valence-corrected chi connectivity index (χ2v) is 14.2. The SMILES string of the molecule is C[C@H](CCC(=O)NCCc1c[nH]c2ccccc12)[C@H]1CC[C@H]2[C@@H]3C(=O)C[C@@H]4C[C@H](O)CC[C@]4(C)[C@H]3CC[C@]12C. The van der Waals surface area contributed by atoms with Gasteiger partial charge in [0.15, 0.2) is 0 Å². The standard InChI is InChI=1S/C34H48N2O3/c1-21(8-11-31(39)35-17-14-22-20-36-29-7-5-4-6-25(22)29)26-9-10-27-32-28(13-16-34(26,27)3)33(2)15-12-24(37)18-23(33)19-30(32)38/h4-7,20-21,23-24,26-28,32,36-37H,8-19H2,1-3H3,(H,35,39)/t21-,23+,24-,26-,27+,28+,32+,33+,34-/m1/s1. The van der Waals surface area contributed by atoms with E-state index in [0.29, 0.717) is 54.8 Å². The fraction of sp³-hybridized carbons (Fsp3) is 0.706. The second kappa shape index (κ2) is 10.4. The number of aromatic amines is 1. The molecule has 0 unspecified atom stereocenters. The number of aliphatic hydroxyl groups is 1. The fourth-order valence-corrected chi connectivity index (χ4v) is 10.2. The van der Waals surface area contributed by atoms with Crippen molar-refractivity contribution in [2.24, 2.45) is 46.3 Å². The lowest BCUT2D eigenvalue weighted by molar-refractivity contribution is -0.160. The molecule has 0 saturated heterocycles.